The lowest BCUT2D eigenvalue weighted by atomic mass is 10.0. The molecular formula is C16H21NO4. The Morgan fingerprint density at radius 1 is 1.29 bits per heavy atom. The number of rotatable bonds is 5. The summed E-state index contributed by atoms with van der Waals surface area (Å²) >= 11 is 0. The molecule has 0 aromatic heterocycles. The summed E-state index contributed by atoms with van der Waals surface area (Å²) in [5, 5.41) is 12.3. The Morgan fingerprint density at radius 2 is 2.14 bits per heavy atom. The Balaban J connectivity index is 1.49. The fourth-order valence-electron chi connectivity index (χ4n) is 3.08. The SMILES string of the molecule is O=C(CCc1ccc2c(c1)OCO2)NC1CCCC1CO. The average molecular weight is 291 g/mol. The van der Waals surface area contributed by atoms with Crippen LogP contribution in [-0.2, 0) is 11.2 Å². The van der Waals surface area contributed by atoms with Gasteiger partial charge < -0.3 is 19.9 Å². The zero-order valence-corrected chi connectivity index (χ0v) is 12.0. The number of aliphatic hydroxyl groups is 1. The van der Waals surface area contributed by atoms with Gasteiger partial charge in [-0.1, -0.05) is 12.5 Å². The van der Waals surface area contributed by atoms with Crippen LogP contribution in [0.2, 0.25) is 0 Å². The van der Waals surface area contributed by atoms with E-state index in [9.17, 15) is 9.90 Å². The molecule has 2 N–H and O–H groups in total. The number of nitrogens with one attached hydrogen (secondary N) is 1. The molecule has 1 saturated carbocycles. The summed E-state index contributed by atoms with van der Waals surface area (Å²) in [5.74, 6) is 1.79. The lowest BCUT2D eigenvalue weighted by molar-refractivity contribution is -0.122. The first-order valence-electron chi connectivity index (χ1n) is 7.55. The van der Waals surface area contributed by atoms with Gasteiger partial charge in [0.15, 0.2) is 11.5 Å². The van der Waals surface area contributed by atoms with Crippen molar-refractivity contribution in [1.29, 1.82) is 0 Å². The molecule has 1 aliphatic heterocycles. The van der Waals surface area contributed by atoms with E-state index in [1.54, 1.807) is 0 Å². The van der Waals surface area contributed by atoms with E-state index in [0.29, 0.717) is 12.8 Å². The number of hydrogen-bond donors (Lipinski definition) is 2. The number of carbonyl (C=O) groups excluding carboxylic acids is 1. The molecule has 0 spiro atoms. The molecule has 1 fully saturated rings. The summed E-state index contributed by atoms with van der Waals surface area (Å²) in [6.07, 6.45) is 4.19. The van der Waals surface area contributed by atoms with Gasteiger partial charge in [-0.05, 0) is 37.0 Å². The van der Waals surface area contributed by atoms with Gasteiger partial charge in [-0.25, -0.2) is 0 Å². The van der Waals surface area contributed by atoms with Gasteiger partial charge in [-0.3, -0.25) is 4.79 Å². The minimum Gasteiger partial charge on any atom is -0.454 e. The van der Waals surface area contributed by atoms with E-state index in [1.165, 1.54) is 0 Å². The molecule has 2 aliphatic rings. The van der Waals surface area contributed by atoms with Crippen LogP contribution in [0.3, 0.4) is 0 Å². The first-order valence-corrected chi connectivity index (χ1v) is 7.55. The van der Waals surface area contributed by atoms with Crippen molar-refractivity contribution in [2.45, 2.75) is 38.1 Å². The second kappa shape index (κ2) is 6.35. The molecule has 1 aromatic rings. The van der Waals surface area contributed by atoms with Gasteiger partial charge in [0.1, 0.15) is 0 Å². The number of aryl methyl sites for hydroxylation is 1. The van der Waals surface area contributed by atoms with Gasteiger partial charge in [-0.2, -0.15) is 0 Å². The predicted octanol–water partition coefficient (Wildman–Crippen LogP) is 1.63. The second-order valence-electron chi connectivity index (χ2n) is 5.74. The molecule has 114 valence electrons. The maximum absolute atomic E-state index is 12.0. The van der Waals surface area contributed by atoms with Gasteiger partial charge in [0.05, 0.1) is 0 Å². The smallest absolute Gasteiger partial charge is 0.231 e. The Morgan fingerprint density at radius 3 is 3.00 bits per heavy atom. The molecule has 5 nitrogen and oxygen atoms in total. The monoisotopic (exact) mass is 291 g/mol. The molecule has 1 amide bonds. The summed E-state index contributed by atoms with van der Waals surface area (Å²) in [6.45, 7) is 0.427. The van der Waals surface area contributed by atoms with Crippen LogP contribution >= 0.6 is 0 Å². The van der Waals surface area contributed by atoms with E-state index in [1.807, 2.05) is 18.2 Å². The van der Waals surface area contributed by atoms with Crippen molar-refractivity contribution in [3.63, 3.8) is 0 Å². The average Bonchev–Trinajstić information content (AvgIpc) is 3.12. The molecule has 0 bridgehead atoms. The van der Waals surface area contributed by atoms with Crippen molar-refractivity contribution < 1.29 is 19.4 Å². The molecule has 1 aromatic carbocycles. The Kier molecular flexibility index (Phi) is 4.29. The molecule has 0 radical (unpaired) electrons. The first-order chi connectivity index (χ1) is 10.3. The van der Waals surface area contributed by atoms with Crippen LogP contribution in [0.25, 0.3) is 0 Å². The third kappa shape index (κ3) is 3.29. The van der Waals surface area contributed by atoms with Crippen LogP contribution in [0.5, 0.6) is 11.5 Å². The standard InChI is InChI=1S/C16H21NO4/c18-9-12-2-1-3-13(12)17-16(19)7-5-11-4-6-14-15(8-11)21-10-20-14/h4,6,8,12-13,18H,1-3,5,7,9-10H2,(H,17,19). The molecule has 5 heteroatoms. The summed E-state index contributed by atoms with van der Waals surface area (Å²) in [5.41, 5.74) is 1.07. The van der Waals surface area contributed by atoms with Gasteiger partial charge >= 0.3 is 0 Å². The second-order valence-corrected chi connectivity index (χ2v) is 5.74. The van der Waals surface area contributed by atoms with Crippen LogP contribution < -0.4 is 14.8 Å². The molecule has 3 rings (SSSR count). The zero-order chi connectivity index (χ0) is 14.7. The van der Waals surface area contributed by atoms with Crippen molar-refractivity contribution >= 4 is 5.91 Å². The number of fused-ring (bicyclic) bond motifs is 1. The lowest BCUT2D eigenvalue weighted by Gasteiger charge is -2.19. The minimum absolute atomic E-state index is 0.0537. The van der Waals surface area contributed by atoms with E-state index in [-0.39, 0.29) is 31.3 Å². The number of hydrogen-bond acceptors (Lipinski definition) is 4. The van der Waals surface area contributed by atoms with E-state index < -0.39 is 0 Å². The Hall–Kier alpha value is -1.75. The maximum atomic E-state index is 12.0. The van der Waals surface area contributed by atoms with Crippen molar-refractivity contribution in [2.75, 3.05) is 13.4 Å². The van der Waals surface area contributed by atoms with Gasteiger partial charge in [0.25, 0.3) is 0 Å². The molecule has 2 atom stereocenters. The minimum atomic E-state index is 0.0537. The highest BCUT2D eigenvalue weighted by molar-refractivity contribution is 5.76. The largest absolute Gasteiger partial charge is 0.454 e. The number of aliphatic hydroxyl groups excluding tert-OH is 1. The fourth-order valence-corrected chi connectivity index (χ4v) is 3.08. The summed E-state index contributed by atoms with van der Waals surface area (Å²) in [6, 6.07) is 5.92. The van der Waals surface area contributed by atoms with Crippen LogP contribution in [0, 0.1) is 5.92 Å². The predicted molar refractivity (Wildman–Crippen MR) is 77.2 cm³/mol. The van der Waals surface area contributed by atoms with Crippen LogP contribution in [-0.4, -0.2) is 30.5 Å². The number of carbonyl (C=O) groups is 1. The molecule has 21 heavy (non-hydrogen) atoms. The Labute approximate surface area is 124 Å². The van der Waals surface area contributed by atoms with Crippen LogP contribution in [0.1, 0.15) is 31.2 Å². The third-order valence-corrected chi connectivity index (χ3v) is 4.32. The van der Waals surface area contributed by atoms with E-state index >= 15 is 0 Å². The van der Waals surface area contributed by atoms with E-state index in [4.69, 9.17) is 9.47 Å². The van der Waals surface area contributed by atoms with Crippen molar-refractivity contribution in [3.05, 3.63) is 23.8 Å². The lowest BCUT2D eigenvalue weighted by Crippen LogP contribution is -2.38. The van der Waals surface area contributed by atoms with Crippen molar-refractivity contribution in [1.82, 2.24) is 5.32 Å². The van der Waals surface area contributed by atoms with Crippen LogP contribution in [0.4, 0.5) is 0 Å². The normalized spacial score (nSPS) is 23.3. The molecule has 1 heterocycles. The van der Waals surface area contributed by atoms with Crippen molar-refractivity contribution in [3.8, 4) is 11.5 Å². The Bertz CT molecular complexity index is 517. The van der Waals surface area contributed by atoms with E-state index in [0.717, 1.165) is 36.3 Å². The highest BCUT2D eigenvalue weighted by Crippen LogP contribution is 2.32. The molecule has 2 unspecified atom stereocenters. The number of ether oxygens (including phenoxy) is 2. The van der Waals surface area contributed by atoms with Gasteiger partial charge in [0.2, 0.25) is 12.7 Å². The molecule has 0 saturated heterocycles. The van der Waals surface area contributed by atoms with E-state index in [2.05, 4.69) is 5.32 Å². The highest BCUT2D eigenvalue weighted by atomic mass is 16.7. The topological polar surface area (TPSA) is 67.8 Å². The van der Waals surface area contributed by atoms with Gasteiger partial charge in [0, 0.05) is 25.0 Å². The molecule has 1 aliphatic carbocycles. The third-order valence-electron chi connectivity index (χ3n) is 4.32. The first kappa shape index (κ1) is 14.2. The zero-order valence-electron chi connectivity index (χ0n) is 12.0. The fraction of sp³-hybridized carbons (Fsp3) is 0.562. The molecular weight excluding hydrogens is 270 g/mol. The van der Waals surface area contributed by atoms with Crippen LogP contribution in [0.15, 0.2) is 18.2 Å². The van der Waals surface area contributed by atoms with Gasteiger partial charge in [-0.15, -0.1) is 0 Å². The van der Waals surface area contributed by atoms with Crippen molar-refractivity contribution in [2.24, 2.45) is 5.92 Å². The summed E-state index contributed by atoms with van der Waals surface area (Å²) < 4.78 is 10.6. The quantitative estimate of drug-likeness (QED) is 0.865. The number of benzene rings is 1. The summed E-state index contributed by atoms with van der Waals surface area (Å²) in [4.78, 5) is 12.0. The summed E-state index contributed by atoms with van der Waals surface area (Å²) in [7, 11) is 0. The maximum Gasteiger partial charge on any atom is 0.231 e. The highest BCUT2D eigenvalue weighted by Gasteiger charge is 2.27. The number of amides is 1.